The predicted molar refractivity (Wildman–Crippen MR) is 105 cm³/mol. The van der Waals surface area contributed by atoms with E-state index in [9.17, 15) is 0 Å². The third kappa shape index (κ3) is 3.12. The van der Waals surface area contributed by atoms with Gasteiger partial charge >= 0.3 is 0 Å². The van der Waals surface area contributed by atoms with Crippen LogP contribution in [0.1, 0.15) is 35.4 Å². The van der Waals surface area contributed by atoms with Crippen molar-refractivity contribution in [3.05, 3.63) is 69.2 Å². The number of hydrogen-bond donors (Lipinski definition) is 0. The van der Waals surface area contributed by atoms with Crippen molar-refractivity contribution < 1.29 is 0 Å². The highest BCUT2D eigenvalue weighted by Gasteiger charge is 2.44. The molecule has 130 valence electrons. The van der Waals surface area contributed by atoms with E-state index in [4.69, 9.17) is 23.2 Å². The molecule has 3 aliphatic rings. The standard InChI is InChI=1S/C22H23Cl2N/c23-18-6-3-15(4-7-18)22-20-10-19(24)8-5-16(20)9-17-12-25(13-21(17)22)11-14-1-2-14/h3-8,10,14,17,21-22H,1-2,9,11-13H2. The second-order valence-electron chi connectivity index (χ2n) is 8.16. The number of halogens is 2. The average molecular weight is 372 g/mol. The van der Waals surface area contributed by atoms with Crippen LogP contribution in [0.4, 0.5) is 0 Å². The van der Waals surface area contributed by atoms with Gasteiger partial charge in [-0.25, -0.2) is 0 Å². The average Bonchev–Trinajstić information content (AvgIpc) is 3.32. The van der Waals surface area contributed by atoms with Gasteiger partial charge in [0, 0.05) is 35.6 Å². The Morgan fingerprint density at radius 2 is 1.68 bits per heavy atom. The Bertz CT molecular complexity index is 781. The number of hydrogen-bond acceptors (Lipinski definition) is 1. The first-order valence-electron chi connectivity index (χ1n) is 9.43. The molecule has 0 amide bonds. The largest absolute Gasteiger partial charge is 0.302 e. The Labute approximate surface area is 159 Å². The smallest absolute Gasteiger partial charge is 0.0409 e. The molecule has 2 aromatic rings. The highest BCUT2D eigenvalue weighted by molar-refractivity contribution is 6.30. The second kappa shape index (κ2) is 6.30. The molecule has 25 heavy (non-hydrogen) atoms. The van der Waals surface area contributed by atoms with E-state index in [0.29, 0.717) is 11.8 Å². The lowest BCUT2D eigenvalue weighted by Crippen LogP contribution is -2.29. The molecule has 2 fully saturated rings. The molecule has 1 nitrogen and oxygen atoms in total. The molecule has 2 aromatic carbocycles. The van der Waals surface area contributed by atoms with Crippen molar-refractivity contribution in [2.24, 2.45) is 17.8 Å². The summed E-state index contributed by atoms with van der Waals surface area (Å²) in [5.41, 5.74) is 4.30. The molecule has 3 heteroatoms. The van der Waals surface area contributed by atoms with Crippen LogP contribution in [0.25, 0.3) is 0 Å². The third-order valence-electron chi connectivity index (χ3n) is 6.36. The monoisotopic (exact) mass is 371 g/mol. The summed E-state index contributed by atoms with van der Waals surface area (Å²) < 4.78 is 0. The molecule has 3 unspecified atom stereocenters. The van der Waals surface area contributed by atoms with Gasteiger partial charge in [-0.15, -0.1) is 0 Å². The van der Waals surface area contributed by atoms with Gasteiger partial charge < -0.3 is 4.90 Å². The maximum atomic E-state index is 6.37. The van der Waals surface area contributed by atoms with Gasteiger partial charge in [0.2, 0.25) is 0 Å². The highest BCUT2D eigenvalue weighted by Crippen LogP contribution is 2.48. The van der Waals surface area contributed by atoms with E-state index >= 15 is 0 Å². The SMILES string of the molecule is Clc1ccc(C2c3cc(Cl)ccc3CC3CN(CC4CC4)CC32)cc1. The summed E-state index contributed by atoms with van der Waals surface area (Å²) in [6.07, 6.45) is 4.06. The number of benzene rings is 2. The van der Waals surface area contributed by atoms with Gasteiger partial charge in [0.15, 0.2) is 0 Å². The van der Waals surface area contributed by atoms with Gasteiger partial charge in [0.05, 0.1) is 0 Å². The van der Waals surface area contributed by atoms with Crippen molar-refractivity contribution >= 4 is 23.2 Å². The van der Waals surface area contributed by atoms with Crippen molar-refractivity contribution in [1.29, 1.82) is 0 Å². The van der Waals surface area contributed by atoms with E-state index in [-0.39, 0.29) is 0 Å². The summed E-state index contributed by atoms with van der Waals surface area (Å²) in [6.45, 7) is 3.78. The maximum Gasteiger partial charge on any atom is 0.0409 e. The van der Waals surface area contributed by atoms with Crippen LogP contribution >= 0.6 is 23.2 Å². The highest BCUT2D eigenvalue weighted by atomic mass is 35.5. The van der Waals surface area contributed by atoms with Crippen molar-refractivity contribution in [2.45, 2.75) is 25.2 Å². The van der Waals surface area contributed by atoms with Gasteiger partial charge in [-0.1, -0.05) is 41.4 Å². The summed E-state index contributed by atoms with van der Waals surface area (Å²) in [5.74, 6) is 2.85. The molecule has 1 heterocycles. The minimum Gasteiger partial charge on any atom is -0.302 e. The maximum absolute atomic E-state index is 6.37. The van der Waals surface area contributed by atoms with Crippen LogP contribution in [0.5, 0.6) is 0 Å². The molecule has 2 aliphatic carbocycles. The molecule has 1 aliphatic heterocycles. The zero-order valence-corrected chi connectivity index (χ0v) is 15.8. The molecular formula is C22H23Cl2N. The molecule has 0 N–H and O–H groups in total. The molecule has 0 bridgehead atoms. The van der Waals surface area contributed by atoms with Crippen molar-refractivity contribution in [3.63, 3.8) is 0 Å². The number of rotatable bonds is 3. The van der Waals surface area contributed by atoms with Crippen LogP contribution < -0.4 is 0 Å². The first-order valence-corrected chi connectivity index (χ1v) is 10.2. The van der Waals surface area contributed by atoms with Crippen LogP contribution in [-0.4, -0.2) is 24.5 Å². The van der Waals surface area contributed by atoms with E-state index in [1.165, 1.54) is 55.6 Å². The topological polar surface area (TPSA) is 3.24 Å². The van der Waals surface area contributed by atoms with E-state index in [1.54, 1.807) is 0 Å². The van der Waals surface area contributed by atoms with Crippen molar-refractivity contribution in [3.8, 4) is 0 Å². The van der Waals surface area contributed by atoms with Crippen LogP contribution in [0.3, 0.4) is 0 Å². The third-order valence-corrected chi connectivity index (χ3v) is 6.85. The Balaban J connectivity index is 1.54. The van der Waals surface area contributed by atoms with Crippen LogP contribution in [0, 0.1) is 17.8 Å². The fourth-order valence-corrected chi connectivity index (χ4v) is 5.35. The summed E-state index contributed by atoms with van der Waals surface area (Å²) in [4.78, 5) is 2.73. The molecule has 0 radical (unpaired) electrons. The fourth-order valence-electron chi connectivity index (χ4n) is 5.05. The fraction of sp³-hybridized carbons (Fsp3) is 0.455. The Hall–Kier alpha value is -1.02. The van der Waals surface area contributed by atoms with Gasteiger partial charge in [-0.3, -0.25) is 0 Å². The zero-order chi connectivity index (χ0) is 17.0. The van der Waals surface area contributed by atoms with Crippen molar-refractivity contribution in [2.75, 3.05) is 19.6 Å². The number of likely N-dealkylation sites (tertiary alicyclic amines) is 1. The van der Waals surface area contributed by atoms with Gasteiger partial charge in [0.1, 0.15) is 0 Å². The van der Waals surface area contributed by atoms with E-state index in [0.717, 1.165) is 21.9 Å². The molecule has 1 saturated heterocycles. The molecular weight excluding hydrogens is 349 g/mol. The second-order valence-corrected chi connectivity index (χ2v) is 9.04. The molecule has 0 spiro atoms. The predicted octanol–water partition coefficient (Wildman–Crippen LogP) is 5.64. The summed E-state index contributed by atoms with van der Waals surface area (Å²) in [6, 6.07) is 15.0. The number of nitrogens with zero attached hydrogens (tertiary/aromatic N) is 1. The quantitative estimate of drug-likeness (QED) is 0.674. The van der Waals surface area contributed by atoms with Gasteiger partial charge in [-0.05, 0) is 78.0 Å². The van der Waals surface area contributed by atoms with Gasteiger partial charge in [-0.2, -0.15) is 0 Å². The minimum absolute atomic E-state index is 0.439. The van der Waals surface area contributed by atoms with E-state index in [2.05, 4.69) is 35.2 Å². The number of fused-ring (bicyclic) bond motifs is 2. The minimum atomic E-state index is 0.439. The first-order chi connectivity index (χ1) is 12.2. The Morgan fingerprint density at radius 1 is 0.920 bits per heavy atom. The van der Waals surface area contributed by atoms with Crippen LogP contribution in [0.2, 0.25) is 10.0 Å². The molecule has 5 rings (SSSR count). The molecule has 1 saturated carbocycles. The summed E-state index contributed by atoms with van der Waals surface area (Å²) >= 11 is 12.5. The summed E-state index contributed by atoms with van der Waals surface area (Å²) in [5, 5.41) is 1.66. The summed E-state index contributed by atoms with van der Waals surface area (Å²) in [7, 11) is 0. The zero-order valence-electron chi connectivity index (χ0n) is 14.3. The van der Waals surface area contributed by atoms with Crippen LogP contribution in [0.15, 0.2) is 42.5 Å². The Kier molecular flexibility index (Phi) is 4.08. The molecule has 3 atom stereocenters. The lowest BCUT2D eigenvalue weighted by atomic mass is 9.68. The Morgan fingerprint density at radius 3 is 2.44 bits per heavy atom. The van der Waals surface area contributed by atoms with E-state index < -0.39 is 0 Å². The van der Waals surface area contributed by atoms with Crippen LogP contribution in [-0.2, 0) is 6.42 Å². The molecule has 0 aromatic heterocycles. The first kappa shape index (κ1) is 16.2. The lowest BCUT2D eigenvalue weighted by Gasteiger charge is -2.36. The lowest BCUT2D eigenvalue weighted by molar-refractivity contribution is 0.306. The van der Waals surface area contributed by atoms with E-state index in [1.807, 2.05) is 12.1 Å². The van der Waals surface area contributed by atoms with Gasteiger partial charge in [0.25, 0.3) is 0 Å². The van der Waals surface area contributed by atoms with Crippen molar-refractivity contribution in [1.82, 2.24) is 4.90 Å². The normalized spacial score (nSPS) is 28.6.